The highest BCUT2D eigenvalue weighted by molar-refractivity contribution is 9.10. The summed E-state index contributed by atoms with van der Waals surface area (Å²) >= 11 is 9.44. The van der Waals surface area contributed by atoms with E-state index in [0.717, 1.165) is 17.4 Å². The molecule has 1 aliphatic heterocycles. The van der Waals surface area contributed by atoms with Gasteiger partial charge in [-0.1, -0.05) is 34.5 Å². The summed E-state index contributed by atoms with van der Waals surface area (Å²) in [5.74, 6) is 0.823. The number of piperidine rings is 1. The highest BCUT2D eigenvalue weighted by Crippen LogP contribution is 2.24. The Labute approximate surface area is 121 Å². The number of nitrogens with one attached hydrogen (secondary N) is 1. The largest absolute Gasteiger partial charge is 0.314 e. The Kier molecular flexibility index (Phi) is 4.82. The van der Waals surface area contributed by atoms with Crippen LogP contribution in [0, 0.1) is 5.92 Å². The summed E-state index contributed by atoms with van der Waals surface area (Å²) in [4.78, 5) is 12.2. The van der Waals surface area contributed by atoms with E-state index in [9.17, 15) is 4.79 Å². The third-order valence-electron chi connectivity index (χ3n) is 3.42. The number of halogens is 2. The Bertz CT molecular complexity index is 449. The van der Waals surface area contributed by atoms with Crippen molar-refractivity contribution in [2.75, 3.05) is 6.54 Å². The van der Waals surface area contributed by atoms with E-state index in [1.807, 2.05) is 6.07 Å². The normalized spacial score (nSPS) is 23.9. The second-order valence-corrected chi connectivity index (χ2v) is 6.35. The number of hydrogen-bond donors (Lipinski definition) is 1. The zero-order valence-electron chi connectivity index (χ0n) is 10.4. The van der Waals surface area contributed by atoms with Crippen LogP contribution < -0.4 is 5.32 Å². The van der Waals surface area contributed by atoms with Crippen LogP contribution in [0.15, 0.2) is 22.7 Å². The van der Waals surface area contributed by atoms with Crippen molar-refractivity contribution in [3.05, 3.63) is 33.3 Å². The second-order valence-electron chi connectivity index (χ2n) is 5.03. The molecule has 2 nitrogen and oxygen atoms in total. The van der Waals surface area contributed by atoms with Gasteiger partial charge in [-0.25, -0.2) is 0 Å². The van der Waals surface area contributed by atoms with E-state index in [-0.39, 0.29) is 5.78 Å². The van der Waals surface area contributed by atoms with E-state index < -0.39 is 0 Å². The first kappa shape index (κ1) is 14.0. The van der Waals surface area contributed by atoms with Gasteiger partial charge in [0.15, 0.2) is 5.78 Å². The molecule has 1 aromatic carbocycles. The molecule has 2 rings (SSSR count). The number of Topliss-reactive ketones (excluding diaryl/α,β-unsaturated/α-hetero) is 1. The van der Waals surface area contributed by atoms with Crippen molar-refractivity contribution in [1.82, 2.24) is 5.32 Å². The number of rotatable bonds is 3. The zero-order valence-corrected chi connectivity index (χ0v) is 12.7. The Morgan fingerprint density at radius 1 is 1.56 bits per heavy atom. The highest BCUT2D eigenvalue weighted by atomic mass is 79.9. The van der Waals surface area contributed by atoms with E-state index in [0.29, 0.717) is 29.0 Å². The molecule has 0 spiro atoms. The maximum absolute atomic E-state index is 12.2. The molecule has 18 heavy (non-hydrogen) atoms. The van der Waals surface area contributed by atoms with Crippen LogP contribution in [0.2, 0.25) is 5.02 Å². The van der Waals surface area contributed by atoms with Crippen molar-refractivity contribution in [1.29, 1.82) is 0 Å². The Morgan fingerprint density at radius 3 is 3.00 bits per heavy atom. The molecule has 0 saturated carbocycles. The number of ketones is 1. The zero-order chi connectivity index (χ0) is 13.1. The van der Waals surface area contributed by atoms with Crippen LogP contribution in [-0.2, 0) is 0 Å². The van der Waals surface area contributed by atoms with Crippen molar-refractivity contribution >= 4 is 33.3 Å². The topological polar surface area (TPSA) is 29.1 Å². The maximum atomic E-state index is 12.2. The first-order valence-corrected chi connectivity index (χ1v) is 7.45. The summed E-state index contributed by atoms with van der Waals surface area (Å²) < 4.78 is 0.897. The smallest absolute Gasteiger partial charge is 0.165 e. The van der Waals surface area contributed by atoms with Crippen LogP contribution in [0.5, 0.6) is 0 Å². The van der Waals surface area contributed by atoms with Gasteiger partial charge in [-0.15, -0.1) is 0 Å². The average molecular weight is 331 g/mol. The minimum Gasteiger partial charge on any atom is -0.314 e. The number of benzene rings is 1. The molecule has 1 heterocycles. The van der Waals surface area contributed by atoms with Crippen molar-refractivity contribution in [2.24, 2.45) is 5.92 Å². The van der Waals surface area contributed by atoms with Gasteiger partial charge >= 0.3 is 0 Å². The molecule has 2 unspecified atom stereocenters. The predicted octanol–water partition coefficient (Wildman–Crippen LogP) is 4.06. The minimum absolute atomic E-state index is 0.124. The third kappa shape index (κ3) is 3.56. The van der Waals surface area contributed by atoms with Gasteiger partial charge in [0.1, 0.15) is 0 Å². The molecule has 1 fully saturated rings. The minimum atomic E-state index is 0.124. The molecule has 1 N–H and O–H groups in total. The van der Waals surface area contributed by atoms with Gasteiger partial charge in [0.25, 0.3) is 0 Å². The van der Waals surface area contributed by atoms with Crippen LogP contribution in [0.3, 0.4) is 0 Å². The molecular formula is C14H17BrClNO. The fourth-order valence-electron chi connectivity index (χ4n) is 2.43. The van der Waals surface area contributed by atoms with Crippen molar-refractivity contribution in [3.63, 3.8) is 0 Å². The molecule has 1 aliphatic rings. The van der Waals surface area contributed by atoms with Gasteiger partial charge in [-0.3, -0.25) is 4.79 Å². The van der Waals surface area contributed by atoms with Crippen LogP contribution in [0.25, 0.3) is 0 Å². The quantitative estimate of drug-likeness (QED) is 0.847. The van der Waals surface area contributed by atoms with E-state index in [1.165, 1.54) is 6.42 Å². The molecule has 0 aliphatic carbocycles. The second kappa shape index (κ2) is 6.18. The van der Waals surface area contributed by atoms with Crippen molar-refractivity contribution < 1.29 is 4.79 Å². The first-order valence-electron chi connectivity index (χ1n) is 6.28. The van der Waals surface area contributed by atoms with E-state index >= 15 is 0 Å². The summed E-state index contributed by atoms with van der Waals surface area (Å²) in [5.41, 5.74) is 0.625. The monoisotopic (exact) mass is 329 g/mol. The first-order chi connectivity index (χ1) is 8.56. The van der Waals surface area contributed by atoms with Gasteiger partial charge in [0, 0.05) is 22.5 Å². The standard InChI is InChI=1S/C14H17BrClNO/c1-9-4-5-17-11(6-9)8-14(18)12-3-2-10(15)7-13(12)16/h2-3,7,9,11,17H,4-6,8H2,1H3. The maximum Gasteiger partial charge on any atom is 0.165 e. The van der Waals surface area contributed by atoms with Crippen LogP contribution in [-0.4, -0.2) is 18.4 Å². The lowest BCUT2D eigenvalue weighted by Gasteiger charge is -2.27. The van der Waals surface area contributed by atoms with E-state index in [1.54, 1.807) is 12.1 Å². The Balaban J connectivity index is 2.03. The number of carbonyl (C=O) groups is 1. The molecular weight excluding hydrogens is 314 g/mol. The molecule has 0 amide bonds. The average Bonchev–Trinajstić information content (AvgIpc) is 2.28. The Hall–Kier alpha value is -0.380. The lowest BCUT2D eigenvalue weighted by molar-refractivity contribution is 0.0959. The summed E-state index contributed by atoms with van der Waals surface area (Å²) in [6.45, 7) is 3.25. The Morgan fingerprint density at radius 2 is 2.33 bits per heavy atom. The summed E-state index contributed by atoms with van der Waals surface area (Å²) in [6, 6.07) is 5.71. The van der Waals surface area contributed by atoms with Gasteiger partial charge in [-0.2, -0.15) is 0 Å². The SMILES string of the molecule is CC1CCNC(CC(=O)c2ccc(Br)cc2Cl)C1. The number of hydrogen-bond acceptors (Lipinski definition) is 2. The predicted molar refractivity (Wildman–Crippen MR) is 78.3 cm³/mol. The molecule has 4 heteroatoms. The van der Waals surface area contributed by atoms with E-state index in [4.69, 9.17) is 11.6 Å². The molecule has 98 valence electrons. The van der Waals surface area contributed by atoms with Crippen LogP contribution in [0.1, 0.15) is 36.5 Å². The van der Waals surface area contributed by atoms with Crippen molar-refractivity contribution in [3.8, 4) is 0 Å². The fourth-order valence-corrected chi connectivity index (χ4v) is 3.20. The summed E-state index contributed by atoms with van der Waals surface area (Å²) in [6.07, 6.45) is 2.80. The van der Waals surface area contributed by atoms with Gasteiger partial charge < -0.3 is 5.32 Å². The summed E-state index contributed by atoms with van der Waals surface area (Å²) in [7, 11) is 0. The molecule has 0 bridgehead atoms. The van der Waals surface area contributed by atoms with E-state index in [2.05, 4.69) is 28.2 Å². The van der Waals surface area contributed by atoms with Crippen LogP contribution in [0.4, 0.5) is 0 Å². The molecule has 2 atom stereocenters. The summed E-state index contributed by atoms with van der Waals surface area (Å²) in [5, 5.41) is 3.93. The molecule has 1 saturated heterocycles. The molecule has 0 aromatic heterocycles. The third-order valence-corrected chi connectivity index (χ3v) is 4.23. The van der Waals surface area contributed by atoms with Crippen LogP contribution >= 0.6 is 27.5 Å². The highest BCUT2D eigenvalue weighted by Gasteiger charge is 2.22. The molecule has 0 radical (unpaired) electrons. The van der Waals surface area contributed by atoms with Gasteiger partial charge in [0.2, 0.25) is 0 Å². The fraction of sp³-hybridized carbons (Fsp3) is 0.500. The molecule has 1 aromatic rings. The number of carbonyl (C=O) groups excluding carboxylic acids is 1. The lowest BCUT2D eigenvalue weighted by atomic mass is 9.90. The lowest BCUT2D eigenvalue weighted by Crippen LogP contribution is -2.38. The van der Waals surface area contributed by atoms with Gasteiger partial charge in [0.05, 0.1) is 5.02 Å². The van der Waals surface area contributed by atoms with Gasteiger partial charge in [-0.05, 0) is 43.5 Å². The van der Waals surface area contributed by atoms with Crippen molar-refractivity contribution in [2.45, 2.75) is 32.2 Å².